The number of nitrogens with two attached hydrogens (primary N) is 1. The molecule has 1 aromatic heterocycles. The third-order valence-electron chi connectivity index (χ3n) is 2.07. The van der Waals surface area contributed by atoms with Gasteiger partial charge in [-0.15, -0.1) is 23.1 Å². The van der Waals surface area contributed by atoms with E-state index in [9.17, 15) is 0 Å². The second-order valence-corrected chi connectivity index (χ2v) is 4.96. The topological polar surface area (TPSA) is 26.0 Å². The molecular formula is C10H11NS2. The molecule has 1 nitrogen and oxygen atoms in total. The highest BCUT2D eigenvalue weighted by molar-refractivity contribution is 7.99. The minimum absolute atomic E-state index is 0.894. The minimum Gasteiger partial charge on any atom is -0.398 e. The molecule has 68 valence electrons. The van der Waals surface area contributed by atoms with Crippen LogP contribution in [0.4, 0.5) is 5.69 Å². The van der Waals surface area contributed by atoms with Crippen LogP contribution in [0.25, 0.3) is 10.1 Å². The number of aryl methyl sites for hydroxylation is 1. The normalized spacial score (nSPS) is 10.9. The lowest BCUT2D eigenvalue weighted by Crippen LogP contribution is -1.82. The Morgan fingerprint density at radius 2 is 2.15 bits per heavy atom. The molecule has 0 saturated carbocycles. The fourth-order valence-electron chi connectivity index (χ4n) is 1.49. The number of hydrogen-bond donors (Lipinski definition) is 1. The molecule has 0 bridgehead atoms. The molecular weight excluding hydrogens is 198 g/mol. The number of fused-ring (bicyclic) bond motifs is 1. The average molecular weight is 209 g/mol. The van der Waals surface area contributed by atoms with Crippen molar-refractivity contribution in [2.45, 2.75) is 11.8 Å². The van der Waals surface area contributed by atoms with Crippen molar-refractivity contribution in [2.75, 3.05) is 12.0 Å². The summed E-state index contributed by atoms with van der Waals surface area (Å²) >= 11 is 3.58. The summed E-state index contributed by atoms with van der Waals surface area (Å²) in [6.07, 6.45) is 2.11. The predicted molar refractivity (Wildman–Crippen MR) is 62.8 cm³/mol. The maximum Gasteiger partial charge on any atom is 0.0586 e. The Hall–Kier alpha value is -0.670. The standard InChI is InChI=1S/C10H11NS2/c1-6-9(12-2)7-4-3-5-8(11)10(7)13-6/h3-5H,11H2,1-2H3. The van der Waals surface area contributed by atoms with Crippen LogP contribution in [0, 0.1) is 6.92 Å². The van der Waals surface area contributed by atoms with Gasteiger partial charge >= 0.3 is 0 Å². The number of nitrogen functional groups attached to an aromatic ring is 1. The molecule has 0 atom stereocenters. The van der Waals surface area contributed by atoms with Crippen molar-refractivity contribution in [3.05, 3.63) is 23.1 Å². The number of thiophene rings is 1. The first-order valence-corrected chi connectivity index (χ1v) is 6.09. The average Bonchev–Trinajstić information content (AvgIpc) is 2.43. The predicted octanol–water partition coefficient (Wildman–Crippen LogP) is 3.51. The quantitative estimate of drug-likeness (QED) is 0.574. The van der Waals surface area contributed by atoms with E-state index in [0.29, 0.717) is 0 Å². The zero-order valence-electron chi connectivity index (χ0n) is 7.63. The van der Waals surface area contributed by atoms with E-state index in [0.717, 1.165) is 5.69 Å². The first kappa shape index (κ1) is 8.91. The van der Waals surface area contributed by atoms with Gasteiger partial charge in [0.15, 0.2) is 0 Å². The fraction of sp³-hybridized carbons (Fsp3) is 0.200. The van der Waals surface area contributed by atoms with Gasteiger partial charge in [0, 0.05) is 20.8 Å². The van der Waals surface area contributed by atoms with E-state index < -0.39 is 0 Å². The number of anilines is 1. The molecule has 0 aliphatic heterocycles. The van der Waals surface area contributed by atoms with Gasteiger partial charge in [-0.2, -0.15) is 0 Å². The van der Waals surface area contributed by atoms with Gasteiger partial charge in [0.2, 0.25) is 0 Å². The zero-order chi connectivity index (χ0) is 9.42. The number of rotatable bonds is 1. The maximum atomic E-state index is 5.89. The Morgan fingerprint density at radius 3 is 2.85 bits per heavy atom. The van der Waals surface area contributed by atoms with Crippen LogP contribution in [0.1, 0.15) is 4.88 Å². The summed E-state index contributed by atoms with van der Waals surface area (Å²) in [6.45, 7) is 2.15. The summed E-state index contributed by atoms with van der Waals surface area (Å²) in [5.74, 6) is 0. The molecule has 2 N–H and O–H groups in total. The second-order valence-electron chi connectivity index (χ2n) is 2.92. The number of hydrogen-bond acceptors (Lipinski definition) is 3. The zero-order valence-corrected chi connectivity index (χ0v) is 9.26. The van der Waals surface area contributed by atoms with Crippen molar-refractivity contribution < 1.29 is 0 Å². The third kappa shape index (κ3) is 1.32. The van der Waals surface area contributed by atoms with Crippen LogP contribution >= 0.6 is 23.1 Å². The molecule has 0 aliphatic rings. The molecule has 1 aromatic carbocycles. The molecule has 2 rings (SSSR count). The molecule has 0 radical (unpaired) electrons. The van der Waals surface area contributed by atoms with Crippen LogP contribution in [-0.4, -0.2) is 6.26 Å². The highest BCUT2D eigenvalue weighted by atomic mass is 32.2. The summed E-state index contributed by atoms with van der Waals surface area (Å²) in [5, 5.41) is 1.30. The van der Waals surface area contributed by atoms with Crippen LogP contribution in [-0.2, 0) is 0 Å². The summed E-state index contributed by atoms with van der Waals surface area (Å²) in [5.41, 5.74) is 6.79. The van der Waals surface area contributed by atoms with E-state index in [1.54, 1.807) is 23.1 Å². The highest BCUT2D eigenvalue weighted by Crippen LogP contribution is 2.39. The smallest absolute Gasteiger partial charge is 0.0586 e. The van der Waals surface area contributed by atoms with Gasteiger partial charge in [-0.3, -0.25) is 0 Å². The molecule has 0 fully saturated rings. The van der Waals surface area contributed by atoms with Gasteiger partial charge in [-0.05, 0) is 19.2 Å². The van der Waals surface area contributed by atoms with Crippen molar-refractivity contribution in [2.24, 2.45) is 0 Å². The lowest BCUT2D eigenvalue weighted by molar-refractivity contribution is 1.47. The van der Waals surface area contributed by atoms with E-state index in [2.05, 4.69) is 19.2 Å². The van der Waals surface area contributed by atoms with E-state index in [-0.39, 0.29) is 0 Å². The molecule has 0 spiro atoms. The monoisotopic (exact) mass is 209 g/mol. The Bertz CT molecular complexity index is 445. The lowest BCUT2D eigenvalue weighted by Gasteiger charge is -1.96. The minimum atomic E-state index is 0.894. The molecule has 2 aromatic rings. The van der Waals surface area contributed by atoms with Crippen molar-refractivity contribution in [3.63, 3.8) is 0 Å². The molecule has 0 aliphatic carbocycles. The summed E-state index contributed by atoms with van der Waals surface area (Å²) in [4.78, 5) is 2.73. The molecule has 0 saturated heterocycles. The van der Waals surface area contributed by atoms with Crippen LogP contribution in [0.3, 0.4) is 0 Å². The van der Waals surface area contributed by atoms with Crippen molar-refractivity contribution in [1.29, 1.82) is 0 Å². The van der Waals surface area contributed by atoms with Crippen LogP contribution < -0.4 is 5.73 Å². The summed E-state index contributed by atoms with van der Waals surface area (Å²) in [6, 6.07) is 6.12. The van der Waals surface area contributed by atoms with E-state index in [1.807, 2.05) is 12.1 Å². The molecule has 0 unspecified atom stereocenters. The first-order chi connectivity index (χ1) is 6.24. The third-order valence-corrected chi connectivity index (χ3v) is 4.30. The van der Waals surface area contributed by atoms with Gasteiger partial charge in [-0.25, -0.2) is 0 Å². The van der Waals surface area contributed by atoms with Gasteiger partial charge in [0.05, 0.1) is 4.70 Å². The van der Waals surface area contributed by atoms with Crippen LogP contribution in [0.15, 0.2) is 23.1 Å². The largest absolute Gasteiger partial charge is 0.398 e. The van der Waals surface area contributed by atoms with Crippen LogP contribution in [0.2, 0.25) is 0 Å². The molecule has 13 heavy (non-hydrogen) atoms. The Morgan fingerprint density at radius 1 is 1.38 bits per heavy atom. The van der Waals surface area contributed by atoms with E-state index >= 15 is 0 Å². The molecule has 1 heterocycles. The number of thioether (sulfide) groups is 1. The van der Waals surface area contributed by atoms with E-state index in [4.69, 9.17) is 5.73 Å². The fourth-order valence-corrected chi connectivity index (χ4v) is 3.58. The highest BCUT2D eigenvalue weighted by Gasteiger charge is 2.08. The van der Waals surface area contributed by atoms with Gasteiger partial charge in [0.25, 0.3) is 0 Å². The van der Waals surface area contributed by atoms with Crippen LogP contribution in [0.5, 0.6) is 0 Å². The number of benzene rings is 1. The van der Waals surface area contributed by atoms with Gasteiger partial charge in [-0.1, -0.05) is 12.1 Å². The van der Waals surface area contributed by atoms with Crippen molar-refractivity contribution in [1.82, 2.24) is 0 Å². The second kappa shape index (κ2) is 3.24. The SMILES string of the molecule is CSc1c(C)sc2c(N)cccc12. The Balaban J connectivity index is 2.86. The van der Waals surface area contributed by atoms with Crippen molar-refractivity contribution in [3.8, 4) is 0 Å². The van der Waals surface area contributed by atoms with E-state index in [1.165, 1.54) is 19.9 Å². The van der Waals surface area contributed by atoms with Crippen molar-refractivity contribution >= 4 is 38.9 Å². The lowest BCUT2D eigenvalue weighted by atomic mass is 10.2. The maximum absolute atomic E-state index is 5.89. The Kier molecular flexibility index (Phi) is 2.22. The molecule has 0 amide bonds. The first-order valence-electron chi connectivity index (χ1n) is 4.05. The summed E-state index contributed by atoms with van der Waals surface area (Å²) in [7, 11) is 0. The summed E-state index contributed by atoms with van der Waals surface area (Å²) < 4.78 is 1.23. The molecule has 3 heteroatoms. The van der Waals surface area contributed by atoms with Gasteiger partial charge in [0.1, 0.15) is 0 Å². The van der Waals surface area contributed by atoms with Gasteiger partial charge < -0.3 is 5.73 Å². The Labute approximate surface area is 85.9 Å².